The molecule has 0 spiro atoms. The molecule has 2 aromatic rings. The minimum Gasteiger partial charge on any atom is -0.428 e. The number of aromatic nitrogens is 1. The summed E-state index contributed by atoms with van der Waals surface area (Å²) in [5, 5.41) is 0. The number of fused-ring (bicyclic) bond motifs is 1. The number of nitrogens with one attached hydrogen (secondary N) is 1. The lowest BCUT2D eigenvalue weighted by molar-refractivity contribution is 0.582. The Morgan fingerprint density at radius 2 is 2.27 bits per heavy atom. The van der Waals surface area contributed by atoms with Gasteiger partial charge in [-0.2, -0.15) is 0 Å². The van der Waals surface area contributed by atoms with E-state index in [0.29, 0.717) is 4.84 Å². The molecule has 0 aliphatic heterocycles. The Morgan fingerprint density at radius 3 is 3.00 bits per heavy atom. The highest BCUT2D eigenvalue weighted by atomic mass is 79.9. The van der Waals surface area contributed by atoms with Gasteiger partial charge in [0.1, 0.15) is 0 Å². The number of oxazole rings is 1. The zero-order chi connectivity index (χ0) is 7.84. The van der Waals surface area contributed by atoms with Gasteiger partial charge < -0.3 is 9.40 Å². The van der Waals surface area contributed by atoms with E-state index in [2.05, 4.69) is 20.9 Å². The van der Waals surface area contributed by atoms with Gasteiger partial charge in [-0.25, -0.2) is 0 Å². The van der Waals surface area contributed by atoms with E-state index >= 15 is 0 Å². The first-order valence-corrected chi connectivity index (χ1v) is 4.25. The fourth-order valence-corrected chi connectivity index (χ4v) is 1.58. The molecule has 0 fully saturated rings. The second kappa shape index (κ2) is 2.46. The van der Waals surface area contributed by atoms with Gasteiger partial charge in [0.05, 0.1) is 9.99 Å². The molecule has 1 aromatic carbocycles. The van der Waals surface area contributed by atoms with Crippen LogP contribution in [0.2, 0.25) is 0 Å². The van der Waals surface area contributed by atoms with E-state index < -0.39 is 0 Å². The molecule has 1 aromatic heterocycles. The molecule has 0 atom stereocenters. The van der Waals surface area contributed by atoms with Crippen LogP contribution in [-0.4, -0.2) is 4.98 Å². The minimum atomic E-state index is 0.409. The fraction of sp³-hybridized carbons (Fsp3) is 0. The van der Waals surface area contributed by atoms with Crippen LogP contribution in [0.15, 0.2) is 27.1 Å². The van der Waals surface area contributed by atoms with Crippen molar-refractivity contribution in [1.29, 1.82) is 0 Å². The molecule has 0 aliphatic carbocycles. The number of H-pyrrole nitrogens is 1. The lowest BCUT2D eigenvalue weighted by Gasteiger charge is -1.87. The molecule has 0 bridgehead atoms. The van der Waals surface area contributed by atoms with Crippen molar-refractivity contribution in [3.8, 4) is 0 Å². The summed E-state index contributed by atoms with van der Waals surface area (Å²) < 4.78 is 6.13. The third kappa shape index (κ3) is 1.12. The van der Waals surface area contributed by atoms with Gasteiger partial charge in [0.2, 0.25) is 0 Å². The Bertz CT molecular complexity index is 445. The van der Waals surface area contributed by atoms with Crippen LogP contribution < -0.4 is 0 Å². The van der Waals surface area contributed by atoms with E-state index in [1.54, 1.807) is 0 Å². The van der Waals surface area contributed by atoms with Gasteiger partial charge in [-0.15, -0.1) is 0 Å². The van der Waals surface area contributed by atoms with Gasteiger partial charge in [-0.3, -0.25) is 0 Å². The first-order valence-electron chi connectivity index (χ1n) is 3.05. The third-order valence-corrected chi connectivity index (χ3v) is 2.21. The standard InChI is InChI=1S/C7H4BrNOS/c8-4-2-1-3-5-6(4)10-7(11)9-5/h1-3H,(H,9,11). The van der Waals surface area contributed by atoms with Crippen molar-refractivity contribution in [2.24, 2.45) is 0 Å². The molecule has 0 saturated carbocycles. The van der Waals surface area contributed by atoms with E-state index in [0.717, 1.165) is 15.6 Å². The van der Waals surface area contributed by atoms with Gasteiger partial charge in [0.15, 0.2) is 5.58 Å². The number of hydrogen-bond donors (Lipinski definition) is 1. The predicted octanol–water partition coefficient (Wildman–Crippen LogP) is 3.25. The molecule has 2 rings (SSSR count). The maximum absolute atomic E-state index is 5.21. The highest BCUT2D eigenvalue weighted by Gasteiger charge is 2.00. The largest absolute Gasteiger partial charge is 0.428 e. The Hall–Kier alpha value is -0.610. The monoisotopic (exact) mass is 229 g/mol. The van der Waals surface area contributed by atoms with E-state index in [4.69, 9.17) is 16.6 Å². The van der Waals surface area contributed by atoms with Crippen molar-refractivity contribution >= 4 is 39.2 Å². The summed E-state index contributed by atoms with van der Waals surface area (Å²) in [5.74, 6) is 0. The molecule has 11 heavy (non-hydrogen) atoms. The van der Waals surface area contributed by atoms with Crippen LogP contribution >= 0.6 is 28.1 Å². The quantitative estimate of drug-likeness (QED) is 0.703. The lowest BCUT2D eigenvalue weighted by atomic mass is 10.3. The Kier molecular flexibility index (Phi) is 1.58. The zero-order valence-corrected chi connectivity index (χ0v) is 7.83. The molecule has 0 unspecified atom stereocenters. The average molecular weight is 230 g/mol. The summed E-state index contributed by atoms with van der Waals surface area (Å²) in [5.41, 5.74) is 1.70. The van der Waals surface area contributed by atoms with Crippen molar-refractivity contribution in [1.82, 2.24) is 4.98 Å². The normalized spacial score (nSPS) is 10.6. The van der Waals surface area contributed by atoms with Crippen molar-refractivity contribution < 1.29 is 4.42 Å². The summed E-state index contributed by atoms with van der Waals surface area (Å²) in [7, 11) is 0. The first kappa shape index (κ1) is 7.06. The van der Waals surface area contributed by atoms with Crippen LogP contribution in [0.3, 0.4) is 0 Å². The summed E-state index contributed by atoms with van der Waals surface area (Å²) in [6.45, 7) is 0. The molecule has 1 heterocycles. The maximum Gasteiger partial charge on any atom is 0.266 e. The van der Waals surface area contributed by atoms with Gasteiger partial charge in [0, 0.05) is 0 Å². The average Bonchev–Trinajstić information content (AvgIpc) is 2.31. The van der Waals surface area contributed by atoms with Crippen LogP contribution in [0.25, 0.3) is 11.1 Å². The molecular weight excluding hydrogens is 226 g/mol. The summed E-state index contributed by atoms with van der Waals surface area (Å²) in [4.78, 5) is 3.33. The van der Waals surface area contributed by atoms with E-state index in [9.17, 15) is 0 Å². The highest BCUT2D eigenvalue weighted by Crippen LogP contribution is 2.22. The highest BCUT2D eigenvalue weighted by molar-refractivity contribution is 9.10. The maximum atomic E-state index is 5.21. The number of aromatic amines is 1. The molecule has 0 radical (unpaired) electrons. The molecule has 4 heteroatoms. The van der Waals surface area contributed by atoms with Crippen molar-refractivity contribution in [2.45, 2.75) is 0 Å². The van der Waals surface area contributed by atoms with E-state index in [1.807, 2.05) is 18.2 Å². The SMILES string of the molecule is S=c1[nH]c2cccc(Br)c2o1. The zero-order valence-electron chi connectivity index (χ0n) is 5.43. The van der Waals surface area contributed by atoms with Gasteiger partial charge in [0.25, 0.3) is 4.84 Å². The second-order valence-corrected chi connectivity index (χ2v) is 3.36. The minimum absolute atomic E-state index is 0.409. The number of halogens is 1. The second-order valence-electron chi connectivity index (χ2n) is 2.13. The van der Waals surface area contributed by atoms with Crippen LogP contribution in [0.4, 0.5) is 0 Å². The van der Waals surface area contributed by atoms with Crippen LogP contribution in [0, 0.1) is 4.84 Å². The molecule has 2 nitrogen and oxygen atoms in total. The Balaban J connectivity index is 3.01. The van der Waals surface area contributed by atoms with Gasteiger partial charge >= 0.3 is 0 Å². The summed E-state index contributed by atoms with van der Waals surface area (Å²) >= 11 is 8.18. The van der Waals surface area contributed by atoms with Crippen LogP contribution in [-0.2, 0) is 0 Å². The molecule has 0 aliphatic rings. The smallest absolute Gasteiger partial charge is 0.266 e. The van der Waals surface area contributed by atoms with Gasteiger partial charge in [-0.1, -0.05) is 6.07 Å². The molecule has 0 amide bonds. The fourth-order valence-electron chi connectivity index (χ4n) is 0.939. The van der Waals surface area contributed by atoms with Crippen molar-refractivity contribution in [3.05, 3.63) is 27.5 Å². The third-order valence-electron chi connectivity index (χ3n) is 1.40. The molecule has 0 saturated heterocycles. The Labute approximate surface area is 76.4 Å². The Morgan fingerprint density at radius 1 is 1.45 bits per heavy atom. The van der Waals surface area contributed by atoms with Gasteiger partial charge in [-0.05, 0) is 40.3 Å². The number of benzene rings is 1. The van der Waals surface area contributed by atoms with Crippen molar-refractivity contribution in [2.75, 3.05) is 0 Å². The number of para-hydroxylation sites is 1. The lowest BCUT2D eigenvalue weighted by Crippen LogP contribution is -1.66. The van der Waals surface area contributed by atoms with E-state index in [-0.39, 0.29) is 0 Å². The molecule has 56 valence electrons. The number of rotatable bonds is 0. The molecule has 1 N–H and O–H groups in total. The summed E-state index contributed by atoms with van der Waals surface area (Å²) in [6.07, 6.45) is 0. The van der Waals surface area contributed by atoms with Crippen LogP contribution in [0.5, 0.6) is 0 Å². The van der Waals surface area contributed by atoms with Crippen molar-refractivity contribution in [3.63, 3.8) is 0 Å². The first-order chi connectivity index (χ1) is 5.27. The predicted molar refractivity (Wildman–Crippen MR) is 49.1 cm³/mol. The topological polar surface area (TPSA) is 28.9 Å². The molecular formula is C7H4BrNOS. The van der Waals surface area contributed by atoms with Crippen LogP contribution in [0.1, 0.15) is 0 Å². The van der Waals surface area contributed by atoms with E-state index in [1.165, 1.54) is 0 Å². The summed E-state index contributed by atoms with van der Waals surface area (Å²) in [6, 6.07) is 5.75. The number of hydrogen-bond acceptors (Lipinski definition) is 2.